The summed E-state index contributed by atoms with van der Waals surface area (Å²) >= 11 is 0. The van der Waals surface area contributed by atoms with E-state index >= 15 is 0 Å². The molecule has 0 aliphatic carbocycles. The summed E-state index contributed by atoms with van der Waals surface area (Å²) < 4.78 is 7.14. The summed E-state index contributed by atoms with van der Waals surface area (Å²) in [7, 11) is 3.56. The highest BCUT2D eigenvalue weighted by Gasteiger charge is 2.32. The molecule has 1 unspecified atom stereocenters. The lowest BCUT2D eigenvalue weighted by Crippen LogP contribution is -2.44. The van der Waals surface area contributed by atoms with Crippen LogP contribution in [0.2, 0.25) is 0 Å². The number of aryl methyl sites for hydroxylation is 2. The van der Waals surface area contributed by atoms with E-state index < -0.39 is 0 Å². The van der Waals surface area contributed by atoms with Crippen molar-refractivity contribution in [2.45, 2.75) is 13.0 Å². The minimum Gasteiger partial charge on any atom is -0.377 e. The first kappa shape index (κ1) is 15.4. The smallest absolute Gasteiger partial charge is 0.272 e. The molecule has 0 bridgehead atoms. The third-order valence-electron chi connectivity index (χ3n) is 3.86. The summed E-state index contributed by atoms with van der Waals surface area (Å²) in [5, 5.41) is 7.09. The number of morpholine rings is 1. The molecule has 3 rings (SSSR count). The van der Waals surface area contributed by atoms with E-state index in [1.807, 2.05) is 20.0 Å². The van der Waals surface area contributed by atoms with Gasteiger partial charge in [-0.2, -0.15) is 5.10 Å². The first-order valence-corrected chi connectivity index (χ1v) is 7.50. The van der Waals surface area contributed by atoms with Gasteiger partial charge in [0, 0.05) is 38.6 Å². The first-order valence-electron chi connectivity index (χ1n) is 7.50. The van der Waals surface area contributed by atoms with Gasteiger partial charge in [0.05, 0.1) is 13.2 Å². The van der Waals surface area contributed by atoms with E-state index in [0.717, 1.165) is 11.5 Å². The molecule has 0 radical (unpaired) electrons. The second-order valence-corrected chi connectivity index (χ2v) is 5.43. The Balaban J connectivity index is 1.94. The lowest BCUT2D eigenvalue weighted by atomic mass is 10.2. The van der Waals surface area contributed by atoms with Crippen molar-refractivity contribution in [2.24, 2.45) is 7.05 Å². The molecule has 8 nitrogen and oxygen atoms in total. The van der Waals surface area contributed by atoms with Crippen molar-refractivity contribution >= 4 is 11.7 Å². The molecule has 1 saturated heterocycles. The molecule has 1 atom stereocenters. The van der Waals surface area contributed by atoms with Crippen molar-refractivity contribution in [2.75, 3.05) is 32.1 Å². The van der Waals surface area contributed by atoms with Gasteiger partial charge in [-0.1, -0.05) is 0 Å². The predicted molar refractivity (Wildman–Crippen MR) is 84.1 cm³/mol. The Morgan fingerprint density at radius 1 is 1.43 bits per heavy atom. The summed E-state index contributed by atoms with van der Waals surface area (Å²) in [6, 6.07) is 3.27. The minimum absolute atomic E-state index is 0.0885. The van der Waals surface area contributed by atoms with Gasteiger partial charge in [0.25, 0.3) is 5.91 Å². The van der Waals surface area contributed by atoms with Gasteiger partial charge in [0.1, 0.15) is 17.6 Å². The Bertz CT molecular complexity index is 714. The number of anilines is 1. The topological polar surface area (TPSA) is 85.2 Å². The van der Waals surface area contributed by atoms with Gasteiger partial charge >= 0.3 is 0 Å². The van der Waals surface area contributed by atoms with Crippen LogP contribution in [0.5, 0.6) is 0 Å². The Labute approximate surface area is 134 Å². The van der Waals surface area contributed by atoms with Crippen molar-refractivity contribution in [3.63, 3.8) is 0 Å². The molecule has 122 valence electrons. The molecule has 3 heterocycles. The third kappa shape index (κ3) is 3.02. The maximum atomic E-state index is 12.8. The van der Waals surface area contributed by atoms with E-state index in [9.17, 15) is 4.79 Å². The minimum atomic E-state index is -0.307. The zero-order chi connectivity index (χ0) is 16.4. The second-order valence-electron chi connectivity index (χ2n) is 5.43. The summed E-state index contributed by atoms with van der Waals surface area (Å²) in [6.45, 7) is 3.30. The highest BCUT2D eigenvalue weighted by molar-refractivity contribution is 5.92. The number of carbonyl (C=O) groups excluding carboxylic acids is 1. The van der Waals surface area contributed by atoms with Crippen molar-refractivity contribution < 1.29 is 9.53 Å². The zero-order valence-corrected chi connectivity index (χ0v) is 13.5. The fourth-order valence-corrected chi connectivity index (χ4v) is 2.66. The molecule has 0 saturated carbocycles. The van der Waals surface area contributed by atoms with Crippen LogP contribution in [0.1, 0.15) is 28.0 Å². The lowest BCUT2D eigenvalue weighted by molar-refractivity contribution is -0.00578. The van der Waals surface area contributed by atoms with Crippen LogP contribution in [0.4, 0.5) is 5.82 Å². The van der Waals surface area contributed by atoms with E-state index in [2.05, 4.69) is 20.4 Å². The maximum absolute atomic E-state index is 12.8. The molecule has 23 heavy (non-hydrogen) atoms. The number of hydrogen-bond donors (Lipinski definition) is 1. The highest BCUT2D eigenvalue weighted by Crippen LogP contribution is 2.24. The van der Waals surface area contributed by atoms with E-state index in [1.54, 1.807) is 28.9 Å². The van der Waals surface area contributed by atoms with Crippen LogP contribution < -0.4 is 5.32 Å². The second kappa shape index (κ2) is 6.33. The monoisotopic (exact) mass is 316 g/mol. The highest BCUT2D eigenvalue weighted by atomic mass is 16.5. The Kier molecular flexibility index (Phi) is 4.24. The Hall–Kier alpha value is -2.48. The summed E-state index contributed by atoms with van der Waals surface area (Å²) in [4.78, 5) is 23.6. The van der Waals surface area contributed by atoms with Crippen molar-refractivity contribution in [3.05, 3.63) is 35.5 Å². The third-order valence-corrected chi connectivity index (χ3v) is 3.86. The van der Waals surface area contributed by atoms with Crippen LogP contribution in [0.15, 0.2) is 18.3 Å². The number of aromatic nitrogens is 4. The van der Waals surface area contributed by atoms with E-state index in [-0.39, 0.29) is 11.9 Å². The molecule has 2 aromatic heterocycles. The molecule has 1 fully saturated rings. The van der Waals surface area contributed by atoms with Gasteiger partial charge in [-0.3, -0.25) is 9.48 Å². The standard InChI is InChI=1S/C15H20N6O2/c1-10-8-13(16-2)19-14(18-10)12-9-23-7-6-21(12)15(22)11-4-5-17-20(11)3/h4-5,8,12H,6-7,9H2,1-3H3,(H,16,18,19). The fourth-order valence-electron chi connectivity index (χ4n) is 2.66. The van der Waals surface area contributed by atoms with Gasteiger partial charge in [-0.25, -0.2) is 9.97 Å². The molecule has 0 aromatic carbocycles. The molecular formula is C15H20N6O2. The Morgan fingerprint density at radius 3 is 2.96 bits per heavy atom. The number of nitrogens with zero attached hydrogens (tertiary/aromatic N) is 5. The average Bonchev–Trinajstić information content (AvgIpc) is 2.99. The van der Waals surface area contributed by atoms with Crippen LogP contribution in [-0.2, 0) is 11.8 Å². The largest absolute Gasteiger partial charge is 0.377 e. The number of ether oxygens (including phenoxy) is 1. The molecule has 1 amide bonds. The zero-order valence-electron chi connectivity index (χ0n) is 13.5. The number of amides is 1. The van der Waals surface area contributed by atoms with Crippen LogP contribution in [-0.4, -0.2) is 57.4 Å². The van der Waals surface area contributed by atoms with Gasteiger partial charge < -0.3 is 15.0 Å². The molecule has 8 heteroatoms. The number of nitrogens with one attached hydrogen (secondary N) is 1. The Morgan fingerprint density at radius 2 is 2.26 bits per heavy atom. The quantitative estimate of drug-likeness (QED) is 0.900. The SMILES string of the molecule is CNc1cc(C)nc(C2COCCN2C(=O)c2ccnn2C)n1. The van der Waals surface area contributed by atoms with Crippen LogP contribution in [0.25, 0.3) is 0 Å². The fraction of sp³-hybridized carbons (Fsp3) is 0.467. The summed E-state index contributed by atoms with van der Waals surface area (Å²) in [5.41, 5.74) is 1.39. The van der Waals surface area contributed by atoms with Gasteiger partial charge in [0.2, 0.25) is 0 Å². The first-order chi connectivity index (χ1) is 11.1. The number of hydrogen-bond acceptors (Lipinski definition) is 6. The molecular weight excluding hydrogens is 296 g/mol. The predicted octanol–water partition coefficient (Wildman–Crippen LogP) is 0.774. The van der Waals surface area contributed by atoms with Gasteiger partial charge in [-0.05, 0) is 13.0 Å². The maximum Gasteiger partial charge on any atom is 0.272 e. The van der Waals surface area contributed by atoms with Crippen molar-refractivity contribution in [3.8, 4) is 0 Å². The molecule has 1 N–H and O–H groups in total. The van der Waals surface area contributed by atoms with Gasteiger partial charge in [-0.15, -0.1) is 0 Å². The summed E-state index contributed by atoms with van der Waals surface area (Å²) in [6.07, 6.45) is 1.62. The summed E-state index contributed by atoms with van der Waals surface area (Å²) in [5.74, 6) is 1.23. The van der Waals surface area contributed by atoms with Crippen molar-refractivity contribution in [1.82, 2.24) is 24.6 Å². The molecule has 1 aliphatic rings. The molecule has 2 aromatic rings. The van der Waals surface area contributed by atoms with Crippen molar-refractivity contribution in [1.29, 1.82) is 0 Å². The molecule has 1 aliphatic heterocycles. The van der Waals surface area contributed by atoms with E-state index in [4.69, 9.17) is 4.74 Å². The normalized spacial score (nSPS) is 18.0. The number of rotatable bonds is 3. The van der Waals surface area contributed by atoms with Crippen LogP contribution in [0, 0.1) is 6.92 Å². The molecule has 0 spiro atoms. The van der Waals surface area contributed by atoms with Gasteiger partial charge in [0.15, 0.2) is 5.82 Å². The van der Waals surface area contributed by atoms with E-state index in [0.29, 0.717) is 31.3 Å². The number of carbonyl (C=O) groups is 1. The van der Waals surface area contributed by atoms with Crippen LogP contribution in [0.3, 0.4) is 0 Å². The van der Waals surface area contributed by atoms with E-state index in [1.165, 1.54) is 0 Å². The average molecular weight is 316 g/mol. The lowest BCUT2D eigenvalue weighted by Gasteiger charge is -2.34. The van der Waals surface area contributed by atoms with Crippen LogP contribution >= 0.6 is 0 Å².